The van der Waals surface area contributed by atoms with E-state index in [0.29, 0.717) is 6.42 Å². The van der Waals surface area contributed by atoms with Gasteiger partial charge in [-0.2, -0.15) is 0 Å². The highest BCUT2D eigenvalue weighted by atomic mass is 16.6. The molecule has 1 fully saturated rings. The maximum atomic E-state index is 11.7. The van der Waals surface area contributed by atoms with Crippen LogP contribution in [0.4, 0.5) is 0 Å². The third-order valence-electron chi connectivity index (χ3n) is 5.02. The Balaban J connectivity index is 2.44. The number of epoxide rings is 1. The van der Waals surface area contributed by atoms with Crippen LogP contribution in [0.15, 0.2) is 11.6 Å². The molecule has 0 bridgehead atoms. The lowest BCUT2D eigenvalue weighted by atomic mass is 9.78. The van der Waals surface area contributed by atoms with E-state index in [0.717, 1.165) is 18.3 Å². The van der Waals surface area contributed by atoms with Crippen molar-refractivity contribution in [1.82, 2.24) is 0 Å². The van der Waals surface area contributed by atoms with Crippen LogP contribution in [-0.2, 0) is 28.6 Å². The van der Waals surface area contributed by atoms with Crippen molar-refractivity contribution < 1.29 is 28.6 Å². The van der Waals surface area contributed by atoms with Gasteiger partial charge < -0.3 is 19.0 Å². The van der Waals surface area contributed by atoms with Gasteiger partial charge in [0.05, 0.1) is 6.10 Å². The number of carbonyl (C=O) groups excluding carboxylic acids is 3. The monoisotopic (exact) mass is 352 g/mol. The highest BCUT2D eigenvalue weighted by Crippen LogP contribution is 2.45. The van der Waals surface area contributed by atoms with Crippen LogP contribution < -0.4 is 0 Å². The van der Waals surface area contributed by atoms with Gasteiger partial charge in [-0.1, -0.05) is 19.4 Å². The zero-order valence-corrected chi connectivity index (χ0v) is 15.6. The summed E-state index contributed by atoms with van der Waals surface area (Å²) in [5, 5.41) is 0. The van der Waals surface area contributed by atoms with Gasteiger partial charge >= 0.3 is 11.9 Å². The van der Waals surface area contributed by atoms with E-state index >= 15 is 0 Å². The second-order valence-electron chi connectivity index (χ2n) is 7.48. The van der Waals surface area contributed by atoms with Crippen LogP contribution in [-0.4, -0.2) is 42.1 Å². The summed E-state index contributed by atoms with van der Waals surface area (Å²) in [6, 6.07) is 0. The van der Waals surface area contributed by atoms with E-state index in [1.807, 2.05) is 26.8 Å². The number of carbonyl (C=O) groups is 3. The van der Waals surface area contributed by atoms with Crippen LogP contribution in [0.2, 0.25) is 0 Å². The maximum Gasteiger partial charge on any atom is 0.303 e. The Hall–Kier alpha value is -1.69. The van der Waals surface area contributed by atoms with Crippen LogP contribution in [0.25, 0.3) is 0 Å². The summed E-state index contributed by atoms with van der Waals surface area (Å²) in [6.07, 6.45) is 3.30. The number of fused-ring (bicyclic) bond motifs is 1. The predicted molar refractivity (Wildman–Crippen MR) is 90.7 cm³/mol. The first-order chi connectivity index (χ1) is 11.7. The van der Waals surface area contributed by atoms with E-state index in [4.69, 9.17) is 14.2 Å². The molecule has 0 radical (unpaired) electrons. The molecule has 1 aliphatic carbocycles. The lowest BCUT2D eigenvalue weighted by Crippen LogP contribution is -2.43. The number of esters is 2. The zero-order chi connectivity index (χ0) is 18.8. The number of rotatable bonds is 4. The maximum absolute atomic E-state index is 11.7. The molecule has 0 aromatic heterocycles. The molecule has 0 amide bonds. The standard InChI is InChI=1S/C19H28O6/c1-11(2)18-15(23-13(4)21)8-12(3)6-7-17-19(10-20,25-17)9-16(18)24-14(5)22/h8,10-11,15-18H,6-7,9H2,1-5H3/b12-8-/t15-,16-,17-,18-,19-/m1/s1. The summed E-state index contributed by atoms with van der Waals surface area (Å²) in [6.45, 7) is 8.67. The van der Waals surface area contributed by atoms with Crippen LogP contribution in [0.3, 0.4) is 0 Å². The molecule has 0 saturated carbocycles. The van der Waals surface area contributed by atoms with E-state index in [1.54, 1.807) is 0 Å². The molecule has 2 aliphatic rings. The second kappa shape index (κ2) is 7.68. The van der Waals surface area contributed by atoms with Crippen LogP contribution in [0.1, 0.15) is 53.9 Å². The molecular weight excluding hydrogens is 324 g/mol. The fraction of sp³-hybridized carbons (Fsp3) is 0.737. The molecule has 1 heterocycles. The Labute approximate surface area is 148 Å². The molecule has 25 heavy (non-hydrogen) atoms. The fourth-order valence-electron chi connectivity index (χ4n) is 3.81. The zero-order valence-electron chi connectivity index (χ0n) is 15.6. The van der Waals surface area contributed by atoms with Crippen molar-refractivity contribution in [1.29, 1.82) is 0 Å². The number of aldehydes is 1. The highest BCUT2D eigenvalue weighted by molar-refractivity contribution is 5.69. The van der Waals surface area contributed by atoms with Gasteiger partial charge in [-0.05, 0) is 31.8 Å². The first-order valence-electron chi connectivity index (χ1n) is 8.84. The van der Waals surface area contributed by atoms with E-state index in [9.17, 15) is 14.4 Å². The Morgan fingerprint density at radius 2 is 1.92 bits per heavy atom. The lowest BCUT2D eigenvalue weighted by molar-refractivity contribution is -0.160. The van der Waals surface area contributed by atoms with Gasteiger partial charge in [0.25, 0.3) is 0 Å². The molecule has 2 rings (SSSR count). The van der Waals surface area contributed by atoms with Gasteiger partial charge in [-0.15, -0.1) is 0 Å². The van der Waals surface area contributed by atoms with Crippen LogP contribution in [0.5, 0.6) is 0 Å². The van der Waals surface area contributed by atoms with Gasteiger partial charge in [-0.25, -0.2) is 0 Å². The molecule has 0 aromatic carbocycles. The van der Waals surface area contributed by atoms with Gasteiger partial charge in [0, 0.05) is 26.2 Å². The van der Waals surface area contributed by atoms with Crippen molar-refractivity contribution in [2.24, 2.45) is 11.8 Å². The third-order valence-corrected chi connectivity index (χ3v) is 5.02. The van der Waals surface area contributed by atoms with Gasteiger partial charge in [0.1, 0.15) is 12.2 Å². The average molecular weight is 352 g/mol. The Kier molecular flexibility index (Phi) is 6.03. The summed E-state index contributed by atoms with van der Waals surface area (Å²) in [7, 11) is 0. The van der Waals surface area contributed by atoms with E-state index in [-0.39, 0.29) is 30.3 Å². The molecule has 0 aromatic rings. The van der Waals surface area contributed by atoms with Crippen LogP contribution in [0, 0.1) is 11.8 Å². The molecule has 0 unspecified atom stereocenters. The largest absolute Gasteiger partial charge is 0.462 e. The van der Waals surface area contributed by atoms with E-state index in [2.05, 4.69) is 0 Å². The Bertz CT molecular complexity index is 566. The van der Waals surface area contributed by atoms with Gasteiger partial charge in [0.15, 0.2) is 11.9 Å². The summed E-state index contributed by atoms with van der Waals surface area (Å²) < 4.78 is 16.8. The molecule has 1 aliphatic heterocycles. The number of hydrogen-bond acceptors (Lipinski definition) is 6. The summed E-state index contributed by atoms with van der Waals surface area (Å²) >= 11 is 0. The third kappa shape index (κ3) is 4.69. The second-order valence-corrected chi connectivity index (χ2v) is 7.48. The number of allylic oxidation sites excluding steroid dienone is 1. The molecular formula is C19H28O6. The van der Waals surface area contributed by atoms with Crippen molar-refractivity contribution in [3.63, 3.8) is 0 Å². The number of hydrogen-bond donors (Lipinski definition) is 0. The molecule has 6 heteroatoms. The fourth-order valence-corrected chi connectivity index (χ4v) is 3.81. The molecule has 140 valence electrons. The average Bonchev–Trinajstić information content (AvgIpc) is 3.16. The van der Waals surface area contributed by atoms with Crippen molar-refractivity contribution in [2.75, 3.05) is 0 Å². The predicted octanol–water partition coefficient (Wildman–Crippen LogP) is 2.59. The minimum atomic E-state index is -0.897. The molecule has 6 nitrogen and oxygen atoms in total. The minimum Gasteiger partial charge on any atom is -0.462 e. The summed E-state index contributed by atoms with van der Waals surface area (Å²) in [5.74, 6) is -1.00. The molecule has 0 spiro atoms. The van der Waals surface area contributed by atoms with Gasteiger partial charge in [0.2, 0.25) is 0 Å². The Morgan fingerprint density at radius 3 is 2.44 bits per heavy atom. The first-order valence-corrected chi connectivity index (χ1v) is 8.84. The van der Waals surface area contributed by atoms with Crippen molar-refractivity contribution >= 4 is 18.2 Å². The lowest BCUT2D eigenvalue weighted by Gasteiger charge is -2.35. The normalized spacial score (nSPS) is 37.3. The van der Waals surface area contributed by atoms with Crippen molar-refractivity contribution in [2.45, 2.75) is 77.8 Å². The summed E-state index contributed by atoms with van der Waals surface area (Å²) in [4.78, 5) is 35.0. The first kappa shape index (κ1) is 19.6. The van der Waals surface area contributed by atoms with E-state index < -0.39 is 23.8 Å². The van der Waals surface area contributed by atoms with E-state index in [1.165, 1.54) is 13.8 Å². The van der Waals surface area contributed by atoms with Crippen molar-refractivity contribution in [3.05, 3.63) is 11.6 Å². The molecule has 0 N–H and O–H groups in total. The highest BCUT2D eigenvalue weighted by Gasteiger charge is 2.59. The quantitative estimate of drug-likeness (QED) is 0.335. The number of ether oxygens (including phenoxy) is 3. The Morgan fingerprint density at radius 1 is 1.28 bits per heavy atom. The smallest absolute Gasteiger partial charge is 0.303 e. The topological polar surface area (TPSA) is 82.2 Å². The molecule has 1 saturated heterocycles. The SMILES string of the molecule is CC(=O)O[C@@H]1/C=C(/C)CC[C@H]2O[C@@]2(C=O)C[C@@H](OC(C)=O)[C@@H]1C(C)C. The summed E-state index contributed by atoms with van der Waals surface area (Å²) in [5.41, 5.74) is 0.168. The molecule has 5 atom stereocenters. The van der Waals surface area contributed by atoms with Crippen LogP contribution >= 0.6 is 0 Å². The van der Waals surface area contributed by atoms with Gasteiger partial charge in [-0.3, -0.25) is 9.59 Å². The van der Waals surface area contributed by atoms with Crippen molar-refractivity contribution in [3.8, 4) is 0 Å². The minimum absolute atomic E-state index is 0.0677.